The number of hydrogen-bond acceptors (Lipinski definition) is 2. The molecule has 0 N–H and O–H groups in total. The lowest BCUT2D eigenvalue weighted by Gasteiger charge is -1.97. The van der Waals surface area contributed by atoms with Crippen LogP contribution >= 0.6 is 0 Å². The zero-order valence-electron chi connectivity index (χ0n) is 5.54. The fourth-order valence-corrected chi connectivity index (χ4v) is 0.720. The van der Waals surface area contributed by atoms with Crippen LogP contribution in [-0.2, 0) is 0 Å². The second kappa shape index (κ2) is 3.17. The highest BCUT2D eigenvalue weighted by Gasteiger charge is 1.92. The summed E-state index contributed by atoms with van der Waals surface area (Å²) in [5.74, 6) is 0. The quantitative estimate of drug-likeness (QED) is 0.497. The average Bonchev–Trinajstić information content (AvgIpc) is 1.91. The van der Waals surface area contributed by atoms with Crippen LogP contribution in [0.25, 0.3) is 0 Å². The first-order chi connectivity index (χ1) is 4.43. The summed E-state index contributed by atoms with van der Waals surface area (Å²) in [4.78, 5) is 8.23. The first kappa shape index (κ1) is 6.20. The van der Waals surface area contributed by atoms with Crippen molar-refractivity contribution in [2.45, 2.75) is 6.92 Å². The van der Waals surface area contributed by atoms with E-state index in [2.05, 4.69) is 9.98 Å². The summed E-state index contributed by atoms with van der Waals surface area (Å²) < 4.78 is 0. The van der Waals surface area contributed by atoms with Crippen molar-refractivity contribution < 1.29 is 0 Å². The Morgan fingerprint density at radius 2 is 2.67 bits per heavy atom. The first-order valence-electron chi connectivity index (χ1n) is 3.13. The van der Waals surface area contributed by atoms with E-state index in [1.165, 1.54) is 0 Å². The molecule has 0 unspecified atom stereocenters. The lowest BCUT2D eigenvalue weighted by Crippen LogP contribution is -2.03. The smallest absolute Gasteiger partial charge is 0.0807 e. The van der Waals surface area contributed by atoms with E-state index in [1.807, 2.05) is 19.1 Å². The monoisotopic (exact) mass is 122 g/mol. The predicted molar refractivity (Wildman–Crippen MR) is 40.5 cm³/mol. The second-order valence-electron chi connectivity index (χ2n) is 1.81. The van der Waals surface area contributed by atoms with Gasteiger partial charge in [-0.1, -0.05) is 0 Å². The Hall–Kier alpha value is -0.920. The van der Waals surface area contributed by atoms with Gasteiger partial charge in [0, 0.05) is 12.8 Å². The number of aliphatic imine (C=N–C) groups is 2. The third-order valence-electron chi connectivity index (χ3n) is 1.09. The molecule has 0 amide bonds. The van der Waals surface area contributed by atoms with E-state index in [0.29, 0.717) is 0 Å². The van der Waals surface area contributed by atoms with Gasteiger partial charge in [0.15, 0.2) is 0 Å². The fourth-order valence-electron chi connectivity index (χ4n) is 0.720. The van der Waals surface area contributed by atoms with Crippen LogP contribution in [0.2, 0.25) is 0 Å². The van der Waals surface area contributed by atoms with E-state index in [1.54, 1.807) is 6.21 Å². The lowest BCUT2D eigenvalue weighted by atomic mass is 10.3. The maximum atomic E-state index is 4.20. The van der Waals surface area contributed by atoms with Crippen LogP contribution < -0.4 is 0 Å². The molecule has 1 rings (SSSR count). The minimum absolute atomic E-state index is 0.754. The number of dihydropyridines is 1. The van der Waals surface area contributed by atoms with Crippen molar-refractivity contribution in [1.29, 1.82) is 0 Å². The third kappa shape index (κ3) is 1.80. The maximum Gasteiger partial charge on any atom is 0.0807 e. The van der Waals surface area contributed by atoms with Crippen LogP contribution in [0.3, 0.4) is 0 Å². The van der Waals surface area contributed by atoms with Gasteiger partial charge in [-0.05, 0) is 19.1 Å². The van der Waals surface area contributed by atoms with E-state index in [9.17, 15) is 0 Å². The van der Waals surface area contributed by atoms with Gasteiger partial charge in [-0.15, -0.1) is 0 Å². The lowest BCUT2D eigenvalue weighted by molar-refractivity contribution is 1.11. The molecule has 0 spiro atoms. The topological polar surface area (TPSA) is 24.7 Å². The molecule has 0 bridgehead atoms. The average molecular weight is 122 g/mol. The highest BCUT2D eigenvalue weighted by molar-refractivity contribution is 6.02. The molecule has 48 valence electrons. The van der Waals surface area contributed by atoms with Crippen LogP contribution in [0.5, 0.6) is 0 Å². The van der Waals surface area contributed by atoms with Gasteiger partial charge in [-0.2, -0.15) is 0 Å². The van der Waals surface area contributed by atoms with E-state index >= 15 is 0 Å². The number of rotatable bonds is 1. The Kier molecular flexibility index (Phi) is 2.19. The molecule has 1 aliphatic rings. The van der Waals surface area contributed by atoms with E-state index in [0.717, 1.165) is 18.8 Å². The van der Waals surface area contributed by atoms with Crippen molar-refractivity contribution in [3.63, 3.8) is 0 Å². The van der Waals surface area contributed by atoms with Crippen LogP contribution in [0.4, 0.5) is 0 Å². The van der Waals surface area contributed by atoms with E-state index in [4.69, 9.17) is 0 Å². The molecule has 0 atom stereocenters. The fraction of sp³-hybridized carbons (Fsp3) is 0.429. The summed E-state index contributed by atoms with van der Waals surface area (Å²) in [7, 11) is 0. The zero-order valence-corrected chi connectivity index (χ0v) is 5.54. The Morgan fingerprint density at radius 1 is 1.78 bits per heavy atom. The first-order valence-corrected chi connectivity index (χ1v) is 3.13. The summed E-state index contributed by atoms with van der Waals surface area (Å²) in [5.41, 5.74) is 1.08. The van der Waals surface area contributed by atoms with Gasteiger partial charge in [0.1, 0.15) is 0 Å². The zero-order chi connectivity index (χ0) is 6.53. The Balaban J connectivity index is 2.55. The molecule has 2 heteroatoms. The van der Waals surface area contributed by atoms with Crippen LogP contribution in [0, 0.1) is 0 Å². The van der Waals surface area contributed by atoms with E-state index < -0.39 is 0 Å². The second-order valence-corrected chi connectivity index (χ2v) is 1.81. The van der Waals surface area contributed by atoms with Crippen molar-refractivity contribution >= 4 is 11.9 Å². The van der Waals surface area contributed by atoms with Crippen LogP contribution in [0.15, 0.2) is 22.1 Å². The molecule has 0 aromatic rings. The molecule has 0 saturated carbocycles. The molecule has 0 saturated heterocycles. The van der Waals surface area contributed by atoms with Gasteiger partial charge in [-0.3, -0.25) is 9.98 Å². The summed E-state index contributed by atoms with van der Waals surface area (Å²) >= 11 is 0. The molecule has 0 aromatic carbocycles. The van der Waals surface area contributed by atoms with Gasteiger partial charge < -0.3 is 0 Å². The molecule has 0 radical (unpaired) electrons. The molecule has 0 fully saturated rings. The Morgan fingerprint density at radius 3 is 3.22 bits per heavy atom. The van der Waals surface area contributed by atoms with Crippen molar-refractivity contribution in [2.24, 2.45) is 9.98 Å². The molecular weight excluding hydrogens is 112 g/mol. The van der Waals surface area contributed by atoms with Gasteiger partial charge in [0.05, 0.1) is 12.3 Å². The molecule has 0 aliphatic carbocycles. The maximum absolute atomic E-state index is 4.20. The van der Waals surface area contributed by atoms with Crippen molar-refractivity contribution in [2.75, 3.05) is 13.1 Å². The summed E-state index contributed by atoms with van der Waals surface area (Å²) in [6.07, 6.45) is 5.71. The molecule has 1 heterocycles. The minimum atomic E-state index is 0.754. The van der Waals surface area contributed by atoms with Gasteiger partial charge >= 0.3 is 0 Å². The molecule has 9 heavy (non-hydrogen) atoms. The standard InChI is InChI=1S/C7H10N2/c1-2-9-7-4-3-5-8-6-7/h3-5H,2,6H2,1H3. The Bertz CT molecular complexity index is 166. The number of hydrogen-bond donors (Lipinski definition) is 0. The van der Waals surface area contributed by atoms with Gasteiger partial charge in [-0.25, -0.2) is 0 Å². The Labute approximate surface area is 55.0 Å². The van der Waals surface area contributed by atoms with Gasteiger partial charge in [0.25, 0.3) is 0 Å². The summed E-state index contributed by atoms with van der Waals surface area (Å²) in [6.45, 7) is 3.64. The number of nitrogens with zero attached hydrogens (tertiary/aromatic N) is 2. The normalized spacial score (nSPS) is 21.2. The molecular formula is C7H10N2. The van der Waals surface area contributed by atoms with Gasteiger partial charge in [0.2, 0.25) is 0 Å². The summed E-state index contributed by atoms with van der Waals surface area (Å²) in [5, 5.41) is 0. The third-order valence-corrected chi connectivity index (χ3v) is 1.09. The van der Waals surface area contributed by atoms with Crippen LogP contribution in [0.1, 0.15) is 6.92 Å². The largest absolute Gasteiger partial charge is 0.288 e. The highest BCUT2D eigenvalue weighted by atomic mass is 14.8. The minimum Gasteiger partial charge on any atom is -0.288 e. The SMILES string of the molecule is CCN=C1C=CC=NC1. The molecule has 2 nitrogen and oxygen atoms in total. The van der Waals surface area contributed by atoms with Crippen molar-refractivity contribution in [3.05, 3.63) is 12.2 Å². The molecule has 1 aliphatic heterocycles. The highest BCUT2D eigenvalue weighted by Crippen LogP contribution is 1.88. The predicted octanol–water partition coefficient (Wildman–Crippen LogP) is 1.09. The number of allylic oxidation sites excluding steroid dienone is 1. The van der Waals surface area contributed by atoms with E-state index in [-0.39, 0.29) is 0 Å². The van der Waals surface area contributed by atoms with Crippen LogP contribution in [-0.4, -0.2) is 25.0 Å². The molecule has 0 aromatic heterocycles. The summed E-state index contributed by atoms with van der Waals surface area (Å²) in [6, 6.07) is 0. The van der Waals surface area contributed by atoms with Crippen molar-refractivity contribution in [1.82, 2.24) is 0 Å². The van der Waals surface area contributed by atoms with Crippen molar-refractivity contribution in [3.8, 4) is 0 Å².